The van der Waals surface area contributed by atoms with Crippen LogP contribution in [0.3, 0.4) is 0 Å². The van der Waals surface area contributed by atoms with Crippen LogP contribution in [0.1, 0.15) is 5.56 Å². The Morgan fingerprint density at radius 1 is 1.29 bits per heavy atom. The average Bonchev–Trinajstić information content (AvgIpc) is 3.04. The second kappa shape index (κ2) is 5.70. The lowest BCUT2D eigenvalue weighted by Crippen LogP contribution is -2.68. The van der Waals surface area contributed by atoms with E-state index >= 15 is 0 Å². The molecular formula is C12H14N4O8. The summed E-state index contributed by atoms with van der Waals surface area (Å²) in [6.07, 6.45) is -6.47. The average molecular weight is 342 g/mol. The fraction of sp³-hybridized carbons (Fsp3) is 0.500. The maximum absolute atomic E-state index is 11.0. The molecule has 12 heteroatoms. The lowest BCUT2D eigenvalue weighted by molar-refractivity contribution is -0.383. The van der Waals surface area contributed by atoms with Crippen LogP contribution in [0.2, 0.25) is 0 Å². The van der Waals surface area contributed by atoms with Crippen LogP contribution in [0, 0.1) is 10.1 Å². The zero-order chi connectivity index (χ0) is 17.6. The number of hydrogen-bond donors (Lipinski definition) is 5. The summed E-state index contributed by atoms with van der Waals surface area (Å²) < 4.78 is 9.55. The van der Waals surface area contributed by atoms with Crippen LogP contribution in [-0.2, 0) is 10.3 Å². The van der Waals surface area contributed by atoms with Crippen molar-refractivity contribution in [2.24, 2.45) is 5.73 Å². The Bertz CT molecular complexity index is 782. The van der Waals surface area contributed by atoms with Crippen LogP contribution in [0.4, 0.5) is 5.69 Å². The normalized spacial score (nSPS) is 33.7. The van der Waals surface area contributed by atoms with Gasteiger partial charge in [0, 0.05) is 11.6 Å². The van der Waals surface area contributed by atoms with Crippen LogP contribution in [0.15, 0.2) is 16.8 Å². The van der Waals surface area contributed by atoms with E-state index in [9.17, 15) is 25.4 Å². The Balaban J connectivity index is 2.17. The third kappa shape index (κ3) is 2.16. The summed E-state index contributed by atoms with van der Waals surface area (Å²) in [4.78, 5) is 10.3. The zero-order valence-corrected chi connectivity index (χ0v) is 12.0. The Morgan fingerprint density at radius 2 is 1.96 bits per heavy atom. The van der Waals surface area contributed by atoms with E-state index in [1.54, 1.807) is 0 Å². The Labute approximate surface area is 133 Å². The predicted octanol–water partition coefficient (Wildman–Crippen LogP) is -2.28. The quantitative estimate of drug-likeness (QED) is 0.297. The number of nitro benzene ring substituents is 1. The molecule has 1 aromatic heterocycles. The van der Waals surface area contributed by atoms with Crippen LogP contribution in [0.5, 0.6) is 0 Å². The van der Waals surface area contributed by atoms with Gasteiger partial charge in [0.25, 0.3) is 0 Å². The third-order valence-corrected chi connectivity index (χ3v) is 4.14. The maximum atomic E-state index is 11.0. The lowest BCUT2D eigenvalue weighted by atomic mass is 9.78. The van der Waals surface area contributed by atoms with E-state index in [-0.39, 0.29) is 16.6 Å². The van der Waals surface area contributed by atoms with E-state index in [0.717, 1.165) is 12.1 Å². The van der Waals surface area contributed by atoms with E-state index in [4.69, 9.17) is 15.6 Å². The van der Waals surface area contributed by atoms with E-state index in [1.807, 2.05) is 0 Å². The van der Waals surface area contributed by atoms with Gasteiger partial charge in [-0.3, -0.25) is 10.1 Å². The summed E-state index contributed by atoms with van der Waals surface area (Å²) >= 11 is 0. The van der Waals surface area contributed by atoms with Gasteiger partial charge < -0.3 is 30.9 Å². The first-order valence-electron chi connectivity index (χ1n) is 6.81. The van der Waals surface area contributed by atoms with Gasteiger partial charge in [0.2, 0.25) is 5.52 Å². The van der Waals surface area contributed by atoms with Crippen molar-refractivity contribution in [2.45, 2.75) is 30.1 Å². The van der Waals surface area contributed by atoms with Crippen molar-refractivity contribution < 1.29 is 34.7 Å². The first-order chi connectivity index (χ1) is 11.3. The molecule has 6 N–H and O–H groups in total. The molecule has 0 saturated carbocycles. The Kier molecular flexibility index (Phi) is 3.95. The molecule has 5 atom stereocenters. The summed E-state index contributed by atoms with van der Waals surface area (Å²) in [5.74, 6) is 0. The molecule has 12 nitrogen and oxygen atoms in total. The number of ether oxygens (including phenoxy) is 1. The van der Waals surface area contributed by atoms with Crippen molar-refractivity contribution >= 4 is 16.7 Å². The maximum Gasteiger partial charge on any atom is 0.300 e. The molecule has 130 valence electrons. The summed E-state index contributed by atoms with van der Waals surface area (Å²) in [6, 6.07) is 2.22. The highest BCUT2D eigenvalue weighted by Gasteiger charge is 2.55. The van der Waals surface area contributed by atoms with Gasteiger partial charge in [-0.25, -0.2) is 4.63 Å². The number of hydrogen-bond acceptors (Lipinski definition) is 11. The minimum Gasteiger partial charge on any atom is -0.394 e. The van der Waals surface area contributed by atoms with Crippen molar-refractivity contribution in [1.82, 2.24) is 10.3 Å². The first-order valence-corrected chi connectivity index (χ1v) is 6.81. The number of aliphatic hydroxyl groups excluding tert-OH is 4. The summed E-state index contributed by atoms with van der Waals surface area (Å²) in [7, 11) is 0. The fourth-order valence-electron chi connectivity index (χ4n) is 2.78. The van der Waals surface area contributed by atoms with E-state index in [2.05, 4.69) is 14.9 Å². The fourth-order valence-corrected chi connectivity index (χ4v) is 2.78. The van der Waals surface area contributed by atoms with Crippen molar-refractivity contribution in [2.75, 3.05) is 6.61 Å². The van der Waals surface area contributed by atoms with Gasteiger partial charge in [-0.1, -0.05) is 0 Å². The molecule has 1 unspecified atom stereocenters. The highest BCUT2D eigenvalue weighted by atomic mass is 16.6. The minimum absolute atomic E-state index is 0.0696. The third-order valence-electron chi connectivity index (χ3n) is 4.14. The van der Waals surface area contributed by atoms with Gasteiger partial charge in [-0.2, -0.15) is 0 Å². The molecule has 1 saturated heterocycles. The van der Waals surface area contributed by atoms with E-state index < -0.39 is 47.4 Å². The molecule has 0 aliphatic carbocycles. The summed E-state index contributed by atoms with van der Waals surface area (Å²) in [6.45, 7) is -0.660. The van der Waals surface area contributed by atoms with Gasteiger partial charge in [0.05, 0.1) is 11.5 Å². The molecule has 24 heavy (non-hydrogen) atoms. The van der Waals surface area contributed by atoms with Crippen molar-refractivity contribution in [1.29, 1.82) is 0 Å². The second-order valence-corrected chi connectivity index (χ2v) is 5.43. The number of rotatable bonds is 3. The smallest absolute Gasteiger partial charge is 0.300 e. The standard InChI is InChI=1S/C12H14N4O8/c13-12(10(19)9(18)6(3-17)23-11(12)20)4-1-2-5(16(21)22)8-7(4)14-24-15-8/h1-2,6,9-11,17-20H,3,13H2/t6-,9-,10+,11?,12-/m1/s1. The molecule has 2 heterocycles. The number of nitrogens with two attached hydrogens (primary N) is 1. The van der Waals surface area contributed by atoms with Crippen LogP contribution >= 0.6 is 0 Å². The van der Waals surface area contributed by atoms with Crippen LogP contribution in [-0.4, -0.2) is 66.9 Å². The molecule has 0 radical (unpaired) electrons. The van der Waals surface area contributed by atoms with Gasteiger partial charge in [0.15, 0.2) is 6.29 Å². The molecule has 2 aromatic rings. The predicted molar refractivity (Wildman–Crippen MR) is 74.3 cm³/mol. The molecule has 1 aliphatic heterocycles. The molecule has 1 aromatic carbocycles. The highest BCUT2D eigenvalue weighted by Crippen LogP contribution is 2.39. The molecule has 0 spiro atoms. The Morgan fingerprint density at radius 3 is 2.58 bits per heavy atom. The van der Waals surface area contributed by atoms with Crippen LogP contribution < -0.4 is 5.73 Å². The van der Waals surface area contributed by atoms with Crippen molar-refractivity contribution in [3.8, 4) is 0 Å². The number of benzene rings is 1. The molecule has 0 bridgehead atoms. The largest absolute Gasteiger partial charge is 0.394 e. The van der Waals surface area contributed by atoms with Crippen molar-refractivity contribution in [3.63, 3.8) is 0 Å². The second-order valence-electron chi connectivity index (χ2n) is 5.43. The van der Waals surface area contributed by atoms with Gasteiger partial charge in [0.1, 0.15) is 29.4 Å². The van der Waals surface area contributed by atoms with Gasteiger partial charge in [-0.15, -0.1) is 0 Å². The monoisotopic (exact) mass is 342 g/mol. The van der Waals surface area contributed by atoms with Crippen molar-refractivity contribution in [3.05, 3.63) is 27.8 Å². The molecular weight excluding hydrogens is 328 g/mol. The Hall–Kier alpha value is -2.22. The minimum atomic E-state index is -2.09. The molecule has 1 aliphatic rings. The first kappa shape index (κ1) is 16.6. The number of non-ortho nitro benzene ring substituents is 1. The highest BCUT2D eigenvalue weighted by molar-refractivity contribution is 5.87. The number of fused-ring (bicyclic) bond motifs is 1. The van der Waals surface area contributed by atoms with E-state index in [1.165, 1.54) is 0 Å². The molecule has 1 fully saturated rings. The molecule has 0 amide bonds. The topological polar surface area (TPSA) is 198 Å². The number of nitrogens with zero attached hydrogens (tertiary/aromatic N) is 3. The summed E-state index contributed by atoms with van der Waals surface area (Å²) in [5.41, 5.74) is 3.12. The molecule has 3 rings (SSSR count). The number of aromatic nitrogens is 2. The zero-order valence-electron chi connectivity index (χ0n) is 12.0. The van der Waals surface area contributed by atoms with E-state index in [0.29, 0.717) is 0 Å². The lowest BCUT2D eigenvalue weighted by Gasteiger charge is -2.47. The van der Waals surface area contributed by atoms with Crippen LogP contribution in [0.25, 0.3) is 11.0 Å². The number of nitro groups is 1. The SMILES string of the molecule is N[C@@]1(c2ccc([N+](=O)[O-])c3nonc23)C(O)O[C@H](CO)[C@@H](O)[C@@H]1O. The van der Waals surface area contributed by atoms with Gasteiger partial charge >= 0.3 is 5.69 Å². The van der Waals surface area contributed by atoms with Gasteiger partial charge in [-0.05, 0) is 16.4 Å². The number of aliphatic hydroxyl groups is 4. The summed E-state index contributed by atoms with van der Waals surface area (Å²) in [5, 5.41) is 57.7.